The molecule has 0 aromatic carbocycles. The first-order chi connectivity index (χ1) is 6.55. The molecule has 0 unspecified atom stereocenters. The summed E-state index contributed by atoms with van der Waals surface area (Å²) in [6, 6.07) is -2.57. The Morgan fingerprint density at radius 2 is 1.71 bits per heavy atom. The van der Waals surface area contributed by atoms with Crippen molar-refractivity contribution in [2.75, 3.05) is 0 Å². The van der Waals surface area contributed by atoms with Crippen molar-refractivity contribution >= 4 is 39.2 Å². The second-order valence-electron chi connectivity index (χ2n) is 3.99. The molecule has 0 nitrogen and oxygen atoms in total. The van der Waals surface area contributed by atoms with E-state index in [-0.39, 0.29) is 5.54 Å². The summed E-state index contributed by atoms with van der Waals surface area (Å²) in [5, 5.41) is 0. The molecule has 1 atom stereocenters. The average Bonchev–Trinajstić information content (AvgIpc) is 2.14. The van der Waals surface area contributed by atoms with Gasteiger partial charge in [0.15, 0.2) is 0 Å². The average molecular weight is 272 g/mol. The summed E-state index contributed by atoms with van der Waals surface area (Å²) in [4.78, 5) is 0. The van der Waals surface area contributed by atoms with E-state index in [1.165, 1.54) is 32.1 Å². The molecule has 0 saturated heterocycles. The molecule has 82 valence electrons. The largest absolute Gasteiger partial charge is 0.348 e. The van der Waals surface area contributed by atoms with E-state index < -0.39 is 6.00 Å². The van der Waals surface area contributed by atoms with Crippen molar-refractivity contribution in [1.82, 2.24) is 0 Å². The van der Waals surface area contributed by atoms with Crippen LogP contribution in [0.5, 0.6) is 0 Å². The molecular weight excluding hydrogens is 255 g/mol. The summed E-state index contributed by atoms with van der Waals surface area (Å²) < 4.78 is 0. The normalized spacial score (nSPS) is 22.9. The molecule has 4 heteroatoms. The predicted molar refractivity (Wildman–Crippen MR) is 68.5 cm³/mol. The third-order valence-corrected chi connectivity index (χ3v) is 6.62. The molecule has 0 spiro atoms. The van der Waals surface area contributed by atoms with Crippen molar-refractivity contribution in [3.05, 3.63) is 12.2 Å². The van der Waals surface area contributed by atoms with E-state index in [1.807, 2.05) is 13.0 Å². The molecule has 0 heterocycles. The van der Waals surface area contributed by atoms with Crippen LogP contribution in [0.1, 0.15) is 39.0 Å². The van der Waals surface area contributed by atoms with E-state index in [2.05, 4.69) is 6.08 Å². The van der Waals surface area contributed by atoms with Crippen molar-refractivity contribution in [1.29, 1.82) is 0 Å². The quantitative estimate of drug-likeness (QED) is 0.377. The zero-order valence-electron chi connectivity index (χ0n) is 8.48. The molecule has 1 fully saturated rings. The molecule has 0 N–H and O–H groups in total. The van der Waals surface area contributed by atoms with Crippen molar-refractivity contribution in [2.24, 2.45) is 5.92 Å². The van der Waals surface area contributed by atoms with E-state index in [0.29, 0.717) is 5.92 Å². The highest BCUT2D eigenvalue weighted by Gasteiger charge is 2.40. The van der Waals surface area contributed by atoms with Crippen LogP contribution in [0.2, 0.25) is 5.54 Å². The minimum Gasteiger partial charge on any atom is -0.125 e. The fraction of sp³-hybridized carbons (Fsp3) is 0.800. The van der Waals surface area contributed by atoms with Gasteiger partial charge in [0.2, 0.25) is 0 Å². The van der Waals surface area contributed by atoms with Crippen molar-refractivity contribution in [2.45, 2.75) is 44.6 Å². The number of rotatable bonds is 3. The van der Waals surface area contributed by atoms with Gasteiger partial charge < -0.3 is 0 Å². The van der Waals surface area contributed by atoms with Gasteiger partial charge in [-0.05, 0) is 12.8 Å². The van der Waals surface area contributed by atoms with Gasteiger partial charge in [-0.2, -0.15) is 0 Å². The monoisotopic (exact) mass is 270 g/mol. The highest BCUT2D eigenvalue weighted by Crippen LogP contribution is 2.45. The van der Waals surface area contributed by atoms with E-state index >= 15 is 0 Å². The van der Waals surface area contributed by atoms with Gasteiger partial charge in [-0.3, -0.25) is 0 Å². The topological polar surface area (TPSA) is 0 Å². The van der Waals surface area contributed by atoms with Crippen molar-refractivity contribution in [3.8, 4) is 0 Å². The molecule has 1 rings (SSSR count). The Balaban J connectivity index is 2.66. The summed E-state index contributed by atoms with van der Waals surface area (Å²) in [6.45, 7) is 2.00. The van der Waals surface area contributed by atoms with Gasteiger partial charge in [0.05, 0.1) is 0 Å². The van der Waals surface area contributed by atoms with Crippen LogP contribution in [-0.2, 0) is 0 Å². The molecule has 0 amide bonds. The molecular formula is C10H17Cl3Si. The maximum atomic E-state index is 6.13. The highest BCUT2D eigenvalue weighted by molar-refractivity contribution is 7.65. The van der Waals surface area contributed by atoms with Crippen LogP contribution < -0.4 is 0 Å². The Kier molecular flexibility index (Phi) is 5.33. The van der Waals surface area contributed by atoms with Crippen LogP contribution in [0.25, 0.3) is 0 Å². The van der Waals surface area contributed by atoms with Crippen LogP contribution in [0, 0.1) is 5.92 Å². The van der Waals surface area contributed by atoms with Crippen LogP contribution in [0.3, 0.4) is 0 Å². The van der Waals surface area contributed by atoms with E-state index in [0.717, 1.165) is 0 Å². The molecule has 1 saturated carbocycles. The van der Waals surface area contributed by atoms with Gasteiger partial charge in [-0.25, -0.2) is 0 Å². The van der Waals surface area contributed by atoms with Crippen LogP contribution >= 0.6 is 33.2 Å². The Labute approximate surface area is 102 Å². The Morgan fingerprint density at radius 1 is 1.14 bits per heavy atom. The maximum absolute atomic E-state index is 6.13. The Hall–Kier alpha value is 0.827. The lowest BCUT2D eigenvalue weighted by molar-refractivity contribution is 0.360. The fourth-order valence-electron chi connectivity index (χ4n) is 2.23. The zero-order chi connectivity index (χ0) is 10.6. The summed E-state index contributed by atoms with van der Waals surface area (Å²) in [5.41, 5.74) is 0.220. The van der Waals surface area contributed by atoms with Crippen molar-refractivity contribution in [3.63, 3.8) is 0 Å². The van der Waals surface area contributed by atoms with Crippen LogP contribution in [0.4, 0.5) is 0 Å². The molecule has 0 aromatic rings. The lowest BCUT2D eigenvalue weighted by Gasteiger charge is -2.31. The van der Waals surface area contributed by atoms with E-state index in [9.17, 15) is 0 Å². The number of hydrogen-bond acceptors (Lipinski definition) is 0. The van der Waals surface area contributed by atoms with Crippen LogP contribution in [-0.4, -0.2) is 6.00 Å². The van der Waals surface area contributed by atoms with Gasteiger partial charge >= 0.3 is 6.00 Å². The van der Waals surface area contributed by atoms with Gasteiger partial charge in [-0.1, -0.05) is 44.3 Å². The molecule has 0 aromatic heterocycles. The highest BCUT2D eigenvalue weighted by atomic mass is 35.8. The van der Waals surface area contributed by atoms with E-state index in [4.69, 9.17) is 33.2 Å². The van der Waals surface area contributed by atoms with E-state index in [1.54, 1.807) is 0 Å². The Morgan fingerprint density at radius 3 is 2.14 bits per heavy atom. The summed E-state index contributed by atoms with van der Waals surface area (Å²) in [5.74, 6) is 0.610. The lowest BCUT2D eigenvalue weighted by atomic mass is 9.86. The van der Waals surface area contributed by atoms with Gasteiger partial charge in [-0.15, -0.1) is 33.2 Å². The third-order valence-electron chi connectivity index (χ3n) is 2.94. The summed E-state index contributed by atoms with van der Waals surface area (Å²) >= 11 is 18.4. The molecule has 0 radical (unpaired) electrons. The first kappa shape index (κ1) is 12.9. The van der Waals surface area contributed by atoms with Gasteiger partial charge in [0.1, 0.15) is 0 Å². The molecule has 14 heavy (non-hydrogen) atoms. The lowest BCUT2D eigenvalue weighted by Crippen LogP contribution is -2.27. The first-order valence-corrected chi connectivity index (χ1v) is 10.4. The molecule has 0 aliphatic heterocycles. The van der Waals surface area contributed by atoms with Crippen LogP contribution in [0.15, 0.2) is 12.2 Å². The first-order valence-electron chi connectivity index (χ1n) is 5.25. The van der Waals surface area contributed by atoms with Gasteiger partial charge in [0, 0.05) is 5.54 Å². The second-order valence-corrected chi connectivity index (χ2v) is 12.8. The summed E-state index contributed by atoms with van der Waals surface area (Å²) in [6.07, 6.45) is 10.5. The predicted octanol–water partition coefficient (Wildman–Crippen LogP) is 5.17. The maximum Gasteiger partial charge on any atom is 0.348 e. The minimum absolute atomic E-state index is 0.220. The molecule has 1 aliphatic rings. The summed E-state index contributed by atoms with van der Waals surface area (Å²) in [7, 11) is 0. The van der Waals surface area contributed by atoms with Crippen molar-refractivity contribution < 1.29 is 0 Å². The van der Waals surface area contributed by atoms with Gasteiger partial charge in [0.25, 0.3) is 0 Å². The second kappa shape index (κ2) is 5.79. The SMILES string of the molecule is C/C=C\[C@@H](C1CCCCC1)[Si](Cl)(Cl)Cl. The number of halogens is 3. The fourth-order valence-corrected chi connectivity index (χ4v) is 5.77. The number of allylic oxidation sites excluding steroid dienone is 2. The molecule has 1 aliphatic carbocycles. The standard InChI is InChI=1S/C10H17Cl3Si/c1-2-6-10(14(11,12)13)9-7-4-3-5-8-9/h2,6,9-10H,3-5,7-8H2,1H3/b6-2-/t10-/m0/s1. The zero-order valence-corrected chi connectivity index (χ0v) is 11.7. The Bertz CT molecular complexity index is 192. The smallest absolute Gasteiger partial charge is 0.125 e. The minimum atomic E-state index is -2.57. The number of hydrogen-bond donors (Lipinski definition) is 0. The third kappa shape index (κ3) is 3.77. The molecule has 0 bridgehead atoms.